The van der Waals surface area contributed by atoms with Gasteiger partial charge in [-0.2, -0.15) is 0 Å². The molecular formula is C14H27O8P. The number of hydrogen-bond donors (Lipinski definition) is 2. The second-order valence-electron chi connectivity index (χ2n) is 5.14. The fourth-order valence-corrected chi connectivity index (χ4v) is 2.06. The second-order valence-corrected chi connectivity index (χ2v) is 6.38. The van der Waals surface area contributed by atoms with Gasteiger partial charge in [0.15, 0.2) is 6.10 Å². The Hall–Kier alpha value is -0.950. The van der Waals surface area contributed by atoms with Crippen LogP contribution in [0.5, 0.6) is 0 Å². The number of unbranched alkanes of at least 4 members (excludes halogenated alkanes) is 3. The fourth-order valence-electron chi connectivity index (χ4n) is 1.70. The second kappa shape index (κ2) is 12.5. The molecule has 0 heterocycles. The maximum atomic E-state index is 11.7. The van der Waals surface area contributed by atoms with E-state index in [-0.39, 0.29) is 19.4 Å². The van der Waals surface area contributed by atoms with Crippen LogP contribution in [0.25, 0.3) is 0 Å². The number of carbonyl (C=O) groups is 2. The van der Waals surface area contributed by atoms with Crippen molar-refractivity contribution in [2.45, 2.75) is 64.9 Å². The number of carbonyl (C=O) groups excluding carboxylic acids is 2. The molecule has 0 amide bonds. The van der Waals surface area contributed by atoms with Gasteiger partial charge in [0.05, 0.1) is 6.61 Å². The Morgan fingerprint density at radius 3 is 2.22 bits per heavy atom. The van der Waals surface area contributed by atoms with E-state index >= 15 is 0 Å². The molecule has 0 fully saturated rings. The van der Waals surface area contributed by atoms with Crippen LogP contribution in [-0.2, 0) is 28.2 Å². The fraction of sp³-hybridized carbons (Fsp3) is 0.857. The van der Waals surface area contributed by atoms with Crippen LogP contribution in [0.1, 0.15) is 58.8 Å². The Bertz CT molecular complexity index is 392. The van der Waals surface area contributed by atoms with Gasteiger partial charge in [0, 0.05) is 12.8 Å². The van der Waals surface area contributed by atoms with E-state index in [0.717, 1.165) is 19.3 Å². The Labute approximate surface area is 136 Å². The van der Waals surface area contributed by atoms with Crippen LogP contribution in [0.2, 0.25) is 0 Å². The number of phosphoric ester groups is 1. The molecule has 136 valence electrons. The summed E-state index contributed by atoms with van der Waals surface area (Å²) in [6.07, 6.45) is 3.64. The molecule has 0 unspecified atom stereocenters. The predicted molar refractivity (Wildman–Crippen MR) is 82.5 cm³/mol. The molecule has 2 N–H and O–H groups in total. The minimum atomic E-state index is -4.69. The number of rotatable bonds is 13. The first-order valence-electron chi connectivity index (χ1n) is 7.83. The molecule has 0 aliphatic heterocycles. The van der Waals surface area contributed by atoms with Crippen molar-refractivity contribution in [1.29, 1.82) is 0 Å². The van der Waals surface area contributed by atoms with Crippen molar-refractivity contribution in [3.8, 4) is 0 Å². The average Bonchev–Trinajstić information content (AvgIpc) is 2.46. The lowest BCUT2D eigenvalue weighted by Crippen LogP contribution is -2.29. The van der Waals surface area contributed by atoms with Crippen molar-refractivity contribution >= 4 is 19.8 Å². The van der Waals surface area contributed by atoms with Gasteiger partial charge in [-0.05, 0) is 12.8 Å². The first-order valence-corrected chi connectivity index (χ1v) is 9.36. The lowest BCUT2D eigenvalue weighted by atomic mass is 10.1. The summed E-state index contributed by atoms with van der Waals surface area (Å²) in [5, 5.41) is 0. The molecule has 0 aliphatic carbocycles. The van der Waals surface area contributed by atoms with Crippen LogP contribution < -0.4 is 0 Å². The van der Waals surface area contributed by atoms with E-state index in [9.17, 15) is 14.2 Å². The van der Waals surface area contributed by atoms with Crippen molar-refractivity contribution in [2.75, 3.05) is 13.2 Å². The lowest BCUT2D eigenvalue weighted by Gasteiger charge is -2.18. The summed E-state index contributed by atoms with van der Waals surface area (Å²) in [5.74, 6) is -0.973. The molecular weight excluding hydrogens is 327 g/mol. The summed E-state index contributed by atoms with van der Waals surface area (Å²) in [5.41, 5.74) is 0. The monoisotopic (exact) mass is 354 g/mol. The zero-order chi connectivity index (χ0) is 17.7. The van der Waals surface area contributed by atoms with E-state index in [2.05, 4.69) is 11.4 Å². The Morgan fingerprint density at radius 1 is 0.957 bits per heavy atom. The molecule has 0 aliphatic rings. The number of phosphoric acid groups is 1. The van der Waals surface area contributed by atoms with E-state index in [1.54, 1.807) is 0 Å². The quantitative estimate of drug-likeness (QED) is 0.294. The highest BCUT2D eigenvalue weighted by Crippen LogP contribution is 2.35. The van der Waals surface area contributed by atoms with E-state index in [4.69, 9.17) is 19.3 Å². The zero-order valence-corrected chi connectivity index (χ0v) is 14.6. The third kappa shape index (κ3) is 14.4. The standard InChI is InChI=1S/C14H27O8P/c1-3-5-6-7-9-14(16)22-12(11-21-23(17,18)19)10-20-13(15)8-4-2/h12H,3-11H2,1-2H3,(H2,17,18,19)/t12-/m1/s1. The van der Waals surface area contributed by atoms with E-state index in [1.165, 1.54) is 0 Å². The van der Waals surface area contributed by atoms with Gasteiger partial charge in [-0.1, -0.05) is 33.1 Å². The van der Waals surface area contributed by atoms with Gasteiger partial charge in [0.2, 0.25) is 0 Å². The molecule has 0 aromatic rings. The van der Waals surface area contributed by atoms with Crippen LogP contribution in [0.4, 0.5) is 0 Å². The van der Waals surface area contributed by atoms with Crippen molar-refractivity contribution in [3.05, 3.63) is 0 Å². The summed E-state index contributed by atoms with van der Waals surface area (Å²) in [6, 6.07) is 0. The maximum absolute atomic E-state index is 11.7. The third-order valence-corrected chi connectivity index (χ3v) is 3.33. The number of esters is 2. The van der Waals surface area contributed by atoms with Gasteiger partial charge in [0.1, 0.15) is 6.61 Å². The summed E-state index contributed by atoms with van der Waals surface area (Å²) < 4.78 is 25.0. The molecule has 0 radical (unpaired) electrons. The van der Waals surface area contributed by atoms with Gasteiger partial charge in [-0.3, -0.25) is 14.1 Å². The first-order chi connectivity index (χ1) is 10.8. The number of ether oxygens (including phenoxy) is 2. The van der Waals surface area contributed by atoms with Crippen LogP contribution in [0, 0.1) is 0 Å². The molecule has 0 rings (SSSR count). The molecule has 0 saturated carbocycles. The summed E-state index contributed by atoms with van der Waals surface area (Å²) in [4.78, 5) is 40.4. The van der Waals surface area contributed by atoms with Crippen molar-refractivity contribution in [3.63, 3.8) is 0 Å². The predicted octanol–water partition coefficient (Wildman–Crippen LogP) is 2.32. The van der Waals surface area contributed by atoms with Crippen LogP contribution in [0.3, 0.4) is 0 Å². The molecule has 0 spiro atoms. The van der Waals surface area contributed by atoms with Gasteiger partial charge in [-0.25, -0.2) is 4.57 Å². The Kier molecular flexibility index (Phi) is 12.0. The topological polar surface area (TPSA) is 119 Å². The summed E-state index contributed by atoms with van der Waals surface area (Å²) in [7, 11) is -4.69. The lowest BCUT2D eigenvalue weighted by molar-refractivity contribution is -0.161. The average molecular weight is 354 g/mol. The SMILES string of the molecule is CCCCCCC(=O)O[C@H](COC(=O)CCC)COP(=O)(O)O. The molecule has 0 bridgehead atoms. The first kappa shape index (κ1) is 22.1. The highest BCUT2D eigenvalue weighted by Gasteiger charge is 2.22. The Balaban J connectivity index is 4.31. The van der Waals surface area contributed by atoms with Crippen LogP contribution >= 0.6 is 7.82 Å². The molecule has 8 nitrogen and oxygen atoms in total. The number of hydrogen-bond acceptors (Lipinski definition) is 6. The van der Waals surface area contributed by atoms with Gasteiger partial charge >= 0.3 is 19.8 Å². The van der Waals surface area contributed by atoms with Gasteiger partial charge < -0.3 is 19.3 Å². The highest BCUT2D eigenvalue weighted by atomic mass is 31.2. The summed E-state index contributed by atoms with van der Waals surface area (Å²) >= 11 is 0. The van der Waals surface area contributed by atoms with E-state index in [1.807, 2.05) is 6.92 Å². The largest absolute Gasteiger partial charge is 0.469 e. The minimum absolute atomic E-state index is 0.204. The Morgan fingerprint density at radius 2 is 1.65 bits per heavy atom. The van der Waals surface area contributed by atoms with E-state index < -0.39 is 32.5 Å². The van der Waals surface area contributed by atoms with Crippen LogP contribution in [0.15, 0.2) is 0 Å². The molecule has 23 heavy (non-hydrogen) atoms. The van der Waals surface area contributed by atoms with Crippen molar-refractivity contribution < 1.29 is 37.9 Å². The molecule has 0 aromatic heterocycles. The molecule has 9 heteroatoms. The van der Waals surface area contributed by atoms with Crippen molar-refractivity contribution in [2.24, 2.45) is 0 Å². The third-order valence-electron chi connectivity index (χ3n) is 2.85. The smallest absolute Gasteiger partial charge is 0.462 e. The minimum Gasteiger partial charge on any atom is -0.462 e. The highest BCUT2D eigenvalue weighted by molar-refractivity contribution is 7.46. The van der Waals surface area contributed by atoms with Crippen molar-refractivity contribution in [1.82, 2.24) is 0 Å². The molecule has 0 aromatic carbocycles. The zero-order valence-electron chi connectivity index (χ0n) is 13.7. The molecule has 0 saturated heterocycles. The molecule has 1 atom stereocenters. The van der Waals surface area contributed by atoms with E-state index in [0.29, 0.717) is 12.8 Å². The summed E-state index contributed by atoms with van der Waals surface area (Å²) in [6.45, 7) is 3.04. The normalized spacial score (nSPS) is 12.7. The van der Waals surface area contributed by atoms with Crippen LogP contribution in [-0.4, -0.2) is 41.0 Å². The van der Waals surface area contributed by atoms with Gasteiger partial charge in [-0.15, -0.1) is 0 Å². The maximum Gasteiger partial charge on any atom is 0.469 e. The van der Waals surface area contributed by atoms with Gasteiger partial charge in [0.25, 0.3) is 0 Å².